The van der Waals surface area contributed by atoms with Crippen molar-refractivity contribution in [2.45, 2.75) is 25.8 Å². The average Bonchev–Trinajstić information content (AvgIpc) is 2.61. The number of hydrogen-bond donors (Lipinski definition) is 2. The maximum Gasteiger partial charge on any atom is 0.0474 e. The zero-order valence-electron chi connectivity index (χ0n) is 9.08. The lowest BCUT2D eigenvalue weighted by Crippen LogP contribution is -2.42. The van der Waals surface area contributed by atoms with Gasteiger partial charge in [0.05, 0.1) is 0 Å². The molecule has 2 aliphatic heterocycles. The molecule has 2 saturated heterocycles. The molecule has 14 heavy (non-hydrogen) atoms. The zero-order valence-corrected chi connectivity index (χ0v) is 9.08. The number of aliphatic hydroxyl groups excluding tert-OH is 1. The Labute approximate surface area is 86.5 Å². The van der Waals surface area contributed by atoms with Crippen LogP contribution < -0.4 is 5.32 Å². The Balaban J connectivity index is 1.86. The van der Waals surface area contributed by atoms with Gasteiger partial charge in [0.2, 0.25) is 0 Å². The molecule has 0 bridgehead atoms. The van der Waals surface area contributed by atoms with Crippen LogP contribution in [-0.4, -0.2) is 48.8 Å². The third-order valence-electron chi connectivity index (χ3n) is 3.86. The van der Waals surface area contributed by atoms with Crippen LogP contribution in [0.15, 0.2) is 0 Å². The molecule has 2 unspecified atom stereocenters. The second-order valence-electron chi connectivity index (χ2n) is 4.86. The standard InChI is InChI=1S/C11H22N2O/c1-9-6-13(7-10(9)8-14)11-2-4-12-5-3-11/h9-12,14H,2-8H2,1H3. The highest BCUT2D eigenvalue weighted by Crippen LogP contribution is 2.26. The summed E-state index contributed by atoms with van der Waals surface area (Å²) in [7, 11) is 0. The summed E-state index contributed by atoms with van der Waals surface area (Å²) in [6, 6.07) is 0.773. The first-order chi connectivity index (χ1) is 6.81. The zero-order chi connectivity index (χ0) is 9.97. The molecular formula is C11H22N2O. The van der Waals surface area contributed by atoms with Crippen molar-refractivity contribution in [2.75, 3.05) is 32.8 Å². The lowest BCUT2D eigenvalue weighted by Gasteiger charge is -2.31. The topological polar surface area (TPSA) is 35.5 Å². The summed E-state index contributed by atoms with van der Waals surface area (Å²) in [6.45, 7) is 7.27. The van der Waals surface area contributed by atoms with Crippen molar-refractivity contribution in [1.82, 2.24) is 10.2 Å². The molecule has 0 aromatic heterocycles. The summed E-state index contributed by atoms with van der Waals surface area (Å²) >= 11 is 0. The molecule has 0 saturated carbocycles. The Morgan fingerprint density at radius 3 is 2.57 bits per heavy atom. The molecule has 0 aromatic carbocycles. The highest BCUT2D eigenvalue weighted by molar-refractivity contribution is 4.87. The highest BCUT2D eigenvalue weighted by atomic mass is 16.3. The molecule has 2 atom stereocenters. The van der Waals surface area contributed by atoms with Crippen molar-refractivity contribution in [1.29, 1.82) is 0 Å². The number of piperidine rings is 1. The van der Waals surface area contributed by atoms with Crippen LogP contribution in [0.4, 0.5) is 0 Å². The summed E-state index contributed by atoms with van der Waals surface area (Å²) in [6.07, 6.45) is 2.57. The number of nitrogens with zero attached hydrogens (tertiary/aromatic N) is 1. The fraction of sp³-hybridized carbons (Fsp3) is 1.00. The molecule has 2 rings (SSSR count). The average molecular weight is 198 g/mol. The largest absolute Gasteiger partial charge is 0.396 e. The van der Waals surface area contributed by atoms with E-state index in [2.05, 4.69) is 17.1 Å². The van der Waals surface area contributed by atoms with Gasteiger partial charge in [0, 0.05) is 25.7 Å². The first kappa shape index (κ1) is 10.4. The minimum absolute atomic E-state index is 0.364. The SMILES string of the molecule is CC1CN(C2CCNCC2)CC1CO. The number of aliphatic hydroxyl groups is 1. The van der Waals surface area contributed by atoms with Gasteiger partial charge in [0.1, 0.15) is 0 Å². The maximum atomic E-state index is 9.21. The van der Waals surface area contributed by atoms with E-state index in [1.165, 1.54) is 32.5 Å². The third kappa shape index (κ3) is 2.10. The molecule has 2 heterocycles. The van der Waals surface area contributed by atoms with Gasteiger partial charge in [0.25, 0.3) is 0 Å². The Bertz CT molecular complexity index is 180. The van der Waals surface area contributed by atoms with Gasteiger partial charge in [-0.25, -0.2) is 0 Å². The van der Waals surface area contributed by atoms with Crippen molar-refractivity contribution >= 4 is 0 Å². The first-order valence-electron chi connectivity index (χ1n) is 5.87. The maximum absolute atomic E-state index is 9.21. The molecule has 3 heteroatoms. The summed E-state index contributed by atoms with van der Waals surface area (Å²) < 4.78 is 0. The molecule has 0 aromatic rings. The summed E-state index contributed by atoms with van der Waals surface area (Å²) in [4.78, 5) is 2.59. The van der Waals surface area contributed by atoms with Gasteiger partial charge in [-0.2, -0.15) is 0 Å². The van der Waals surface area contributed by atoms with Gasteiger partial charge < -0.3 is 10.4 Å². The van der Waals surface area contributed by atoms with Crippen LogP contribution in [0.3, 0.4) is 0 Å². The van der Waals surface area contributed by atoms with Gasteiger partial charge in [-0.1, -0.05) is 6.92 Å². The predicted octanol–water partition coefficient (Wildman–Crippen LogP) is 0.299. The van der Waals surface area contributed by atoms with E-state index < -0.39 is 0 Å². The quantitative estimate of drug-likeness (QED) is 0.670. The van der Waals surface area contributed by atoms with E-state index in [0.717, 1.165) is 12.6 Å². The Kier molecular flexibility index (Phi) is 3.42. The summed E-state index contributed by atoms with van der Waals surface area (Å²) in [5.41, 5.74) is 0. The molecule has 2 fully saturated rings. The Morgan fingerprint density at radius 1 is 1.29 bits per heavy atom. The minimum Gasteiger partial charge on any atom is -0.396 e. The first-order valence-corrected chi connectivity index (χ1v) is 5.87. The van der Waals surface area contributed by atoms with Gasteiger partial charge >= 0.3 is 0 Å². The molecule has 0 amide bonds. The van der Waals surface area contributed by atoms with Crippen LogP contribution in [-0.2, 0) is 0 Å². The minimum atomic E-state index is 0.364. The van der Waals surface area contributed by atoms with Gasteiger partial charge in [-0.05, 0) is 37.8 Å². The fourth-order valence-corrected chi connectivity index (χ4v) is 2.78. The molecule has 0 radical (unpaired) electrons. The summed E-state index contributed by atoms with van der Waals surface area (Å²) in [5, 5.41) is 12.6. The lowest BCUT2D eigenvalue weighted by molar-refractivity contribution is 0.173. The van der Waals surface area contributed by atoms with Crippen molar-refractivity contribution in [3.8, 4) is 0 Å². The fourth-order valence-electron chi connectivity index (χ4n) is 2.78. The molecule has 2 N–H and O–H groups in total. The Morgan fingerprint density at radius 2 is 2.00 bits per heavy atom. The van der Waals surface area contributed by atoms with E-state index in [1.807, 2.05) is 0 Å². The highest BCUT2D eigenvalue weighted by Gasteiger charge is 2.33. The van der Waals surface area contributed by atoms with E-state index in [0.29, 0.717) is 18.4 Å². The number of hydrogen-bond acceptors (Lipinski definition) is 3. The Hall–Kier alpha value is -0.120. The molecule has 82 valence electrons. The van der Waals surface area contributed by atoms with E-state index in [-0.39, 0.29) is 0 Å². The van der Waals surface area contributed by atoms with Crippen LogP contribution in [0.1, 0.15) is 19.8 Å². The normalized spacial score (nSPS) is 36.4. The lowest BCUT2D eigenvalue weighted by atomic mass is 10.00. The smallest absolute Gasteiger partial charge is 0.0474 e. The van der Waals surface area contributed by atoms with Crippen LogP contribution >= 0.6 is 0 Å². The van der Waals surface area contributed by atoms with Crippen molar-refractivity contribution in [3.63, 3.8) is 0 Å². The molecule has 3 nitrogen and oxygen atoms in total. The van der Waals surface area contributed by atoms with Gasteiger partial charge in [-0.3, -0.25) is 4.90 Å². The molecule has 0 spiro atoms. The van der Waals surface area contributed by atoms with Crippen molar-refractivity contribution < 1.29 is 5.11 Å². The van der Waals surface area contributed by atoms with Crippen LogP contribution in [0.25, 0.3) is 0 Å². The molecular weight excluding hydrogens is 176 g/mol. The molecule has 2 aliphatic rings. The van der Waals surface area contributed by atoms with E-state index >= 15 is 0 Å². The number of nitrogens with one attached hydrogen (secondary N) is 1. The number of likely N-dealkylation sites (tertiary alicyclic amines) is 1. The van der Waals surface area contributed by atoms with Crippen LogP contribution in [0.5, 0.6) is 0 Å². The van der Waals surface area contributed by atoms with E-state index in [9.17, 15) is 5.11 Å². The van der Waals surface area contributed by atoms with Crippen molar-refractivity contribution in [3.05, 3.63) is 0 Å². The van der Waals surface area contributed by atoms with Gasteiger partial charge in [0.15, 0.2) is 0 Å². The van der Waals surface area contributed by atoms with E-state index in [1.54, 1.807) is 0 Å². The summed E-state index contributed by atoms with van der Waals surface area (Å²) in [5.74, 6) is 1.19. The van der Waals surface area contributed by atoms with Gasteiger partial charge in [-0.15, -0.1) is 0 Å². The van der Waals surface area contributed by atoms with Crippen molar-refractivity contribution in [2.24, 2.45) is 11.8 Å². The van der Waals surface area contributed by atoms with E-state index in [4.69, 9.17) is 0 Å². The predicted molar refractivity (Wildman–Crippen MR) is 57.2 cm³/mol. The number of rotatable bonds is 2. The second-order valence-corrected chi connectivity index (χ2v) is 4.86. The molecule has 0 aliphatic carbocycles. The monoisotopic (exact) mass is 198 g/mol. The second kappa shape index (κ2) is 4.60. The van der Waals surface area contributed by atoms with Crippen LogP contribution in [0.2, 0.25) is 0 Å². The van der Waals surface area contributed by atoms with Crippen LogP contribution in [0, 0.1) is 11.8 Å². The third-order valence-corrected chi connectivity index (χ3v) is 3.86.